The fourth-order valence-corrected chi connectivity index (χ4v) is 5.49. The summed E-state index contributed by atoms with van der Waals surface area (Å²) in [6.07, 6.45) is 2.43. The quantitative estimate of drug-likeness (QED) is 0.486. The summed E-state index contributed by atoms with van der Waals surface area (Å²) >= 11 is 0. The highest BCUT2D eigenvalue weighted by atomic mass is 35.7. The predicted molar refractivity (Wildman–Crippen MR) is 70.7 cm³/mol. The Bertz CT molecular complexity index is 633. The Balaban J connectivity index is 1.73. The van der Waals surface area contributed by atoms with Gasteiger partial charge in [0.2, 0.25) is 9.05 Å². The van der Waals surface area contributed by atoms with Crippen LogP contribution < -0.4 is 0 Å². The van der Waals surface area contributed by atoms with E-state index in [1.54, 1.807) is 12.1 Å². The second-order valence-corrected chi connectivity index (χ2v) is 8.57. The van der Waals surface area contributed by atoms with Crippen LogP contribution in [0.5, 0.6) is 0 Å². The highest BCUT2D eigenvalue weighted by Gasteiger charge is 2.68. The van der Waals surface area contributed by atoms with E-state index in [2.05, 4.69) is 0 Å². The number of hydrogen-bond acceptors (Lipinski definition) is 4. The van der Waals surface area contributed by atoms with Crippen LogP contribution in [0.1, 0.15) is 24.8 Å². The minimum Gasteiger partial charge on any atom is -0.258 e. The minimum atomic E-state index is -3.45. The van der Waals surface area contributed by atoms with Gasteiger partial charge in [0.1, 0.15) is 0 Å². The highest BCUT2D eigenvalue weighted by Crippen LogP contribution is 2.74. The van der Waals surface area contributed by atoms with Crippen LogP contribution in [0, 0.1) is 15.5 Å². The van der Waals surface area contributed by atoms with Crippen LogP contribution >= 0.6 is 10.7 Å². The summed E-state index contributed by atoms with van der Waals surface area (Å²) in [6.45, 7) is 0. The molecule has 0 unspecified atom stereocenters. The summed E-state index contributed by atoms with van der Waals surface area (Å²) < 4.78 is 22.2. The van der Waals surface area contributed by atoms with Gasteiger partial charge in [-0.05, 0) is 35.7 Å². The Morgan fingerprint density at radius 2 is 1.74 bits per heavy atom. The second kappa shape index (κ2) is 3.70. The molecule has 0 N–H and O–H groups in total. The molecule has 5 nitrogen and oxygen atoms in total. The molecule has 1 aromatic rings. The van der Waals surface area contributed by atoms with E-state index < -0.39 is 14.0 Å². The van der Waals surface area contributed by atoms with Crippen LogP contribution in [-0.4, -0.2) is 19.1 Å². The average Bonchev–Trinajstić information content (AvgIpc) is 2.20. The largest absolute Gasteiger partial charge is 0.269 e. The third kappa shape index (κ3) is 2.03. The molecule has 0 spiro atoms. The lowest BCUT2D eigenvalue weighted by Crippen LogP contribution is -2.66. The van der Waals surface area contributed by atoms with E-state index in [9.17, 15) is 18.5 Å². The molecule has 2 bridgehead atoms. The lowest BCUT2D eigenvalue weighted by molar-refractivity contribution is -0.384. The van der Waals surface area contributed by atoms with Crippen molar-refractivity contribution in [2.75, 3.05) is 5.75 Å². The van der Waals surface area contributed by atoms with Gasteiger partial charge < -0.3 is 0 Å². The van der Waals surface area contributed by atoms with E-state index in [4.69, 9.17) is 10.7 Å². The first-order valence-electron chi connectivity index (χ1n) is 5.91. The van der Waals surface area contributed by atoms with Crippen molar-refractivity contribution in [2.45, 2.75) is 24.7 Å². The zero-order valence-electron chi connectivity index (χ0n) is 10.0. The van der Waals surface area contributed by atoms with Gasteiger partial charge in [-0.1, -0.05) is 12.1 Å². The number of non-ortho nitro benzene ring substituents is 1. The third-order valence-corrected chi connectivity index (χ3v) is 5.59. The lowest BCUT2D eigenvalue weighted by atomic mass is 9.34. The molecule has 0 saturated heterocycles. The second-order valence-electron chi connectivity index (χ2n) is 5.80. The first kappa shape index (κ1) is 12.9. The van der Waals surface area contributed by atoms with Gasteiger partial charge in [0.25, 0.3) is 5.69 Å². The van der Waals surface area contributed by atoms with E-state index in [1.165, 1.54) is 12.1 Å². The van der Waals surface area contributed by atoms with Gasteiger partial charge in [-0.3, -0.25) is 10.1 Å². The zero-order chi connectivity index (χ0) is 13.9. The maximum absolute atomic E-state index is 11.1. The average molecular weight is 302 g/mol. The number of benzene rings is 1. The summed E-state index contributed by atoms with van der Waals surface area (Å²) in [5.74, 6) is 0.0380. The fourth-order valence-electron chi connectivity index (χ4n) is 3.76. The van der Waals surface area contributed by atoms with Crippen LogP contribution in [0.3, 0.4) is 0 Å². The molecule has 7 heteroatoms. The van der Waals surface area contributed by atoms with Crippen molar-refractivity contribution >= 4 is 25.4 Å². The van der Waals surface area contributed by atoms with Crippen LogP contribution in [0.15, 0.2) is 24.3 Å². The van der Waals surface area contributed by atoms with Gasteiger partial charge in [0.15, 0.2) is 0 Å². The van der Waals surface area contributed by atoms with Gasteiger partial charge in [0.05, 0.1) is 10.7 Å². The molecule has 19 heavy (non-hydrogen) atoms. The number of halogens is 1. The van der Waals surface area contributed by atoms with Crippen LogP contribution in [0.25, 0.3) is 0 Å². The van der Waals surface area contributed by atoms with Crippen molar-refractivity contribution in [3.63, 3.8) is 0 Å². The fraction of sp³-hybridized carbons (Fsp3) is 0.500. The van der Waals surface area contributed by atoms with E-state index >= 15 is 0 Å². The Labute approximate surface area is 115 Å². The molecule has 0 radical (unpaired) electrons. The summed E-state index contributed by atoms with van der Waals surface area (Å²) in [4.78, 5) is 10.2. The van der Waals surface area contributed by atoms with Gasteiger partial charge in [-0.15, -0.1) is 0 Å². The zero-order valence-corrected chi connectivity index (χ0v) is 11.6. The van der Waals surface area contributed by atoms with Gasteiger partial charge in [-0.25, -0.2) is 8.42 Å². The molecule has 3 saturated carbocycles. The molecular formula is C12H12ClNO4S. The molecule has 1 aromatic carbocycles. The number of nitrogens with zero attached hydrogens (tertiary/aromatic N) is 1. The van der Waals surface area contributed by atoms with Crippen molar-refractivity contribution in [3.8, 4) is 0 Å². The van der Waals surface area contributed by atoms with Gasteiger partial charge in [-0.2, -0.15) is 0 Å². The van der Waals surface area contributed by atoms with Crippen LogP contribution in [-0.2, 0) is 14.5 Å². The maximum atomic E-state index is 11.1. The van der Waals surface area contributed by atoms with E-state index in [-0.39, 0.29) is 22.3 Å². The Morgan fingerprint density at radius 3 is 2.16 bits per heavy atom. The van der Waals surface area contributed by atoms with E-state index in [0.29, 0.717) is 0 Å². The third-order valence-electron chi connectivity index (χ3n) is 4.31. The van der Waals surface area contributed by atoms with E-state index in [0.717, 1.165) is 24.8 Å². The summed E-state index contributed by atoms with van der Waals surface area (Å²) in [6, 6.07) is 6.55. The molecule has 3 fully saturated rings. The van der Waals surface area contributed by atoms with Crippen molar-refractivity contribution in [1.29, 1.82) is 0 Å². The van der Waals surface area contributed by atoms with Crippen molar-refractivity contribution < 1.29 is 13.3 Å². The molecule has 3 aliphatic carbocycles. The summed E-state index contributed by atoms with van der Waals surface area (Å²) in [5.41, 5.74) is 1.01. The number of nitro groups is 1. The molecule has 3 aliphatic rings. The molecule has 0 aromatic heterocycles. The van der Waals surface area contributed by atoms with Crippen LogP contribution in [0.4, 0.5) is 5.69 Å². The Hall–Kier alpha value is -1.14. The normalized spacial score (nSPS) is 32.3. The topological polar surface area (TPSA) is 77.3 Å². The molecule has 0 atom stereocenters. The number of nitro benzene ring substituents is 1. The number of rotatable bonds is 4. The lowest BCUT2D eigenvalue weighted by Gasteiger charge is -2.71. The molecule has 0 amide bonds. The van der Waals surface area contributed by atoms with Crippen LogP contribution in [0.2, 0.25) is 0 Å². The minimum absolute atomic E-state index is 0.0245. The number of hydrogen-bond donors (Lipinski definition) is 0. The summed E-state index contributed by atoms with van der Waals surface area (Å²) in [7, 11) is 1.85. The molecule has 4 rings (SSSR count). The summed E-state index contributed by atoms with van der Waals surface area (Å²) in [5, 5.41) is 10.6. The van der Waals surface area contributed by atoms with Gasteiger partial charge >= 0.3 is 0 Å². The Morgan fingerprint density at radius 1 is 1.21 bits per heavy atom. The van der Waals surface area contributed by atoms with Crippen molar-refractivity contribution in [2.24, 2.45) is 5.41 Å². The van der Waals surface area contributed by atoms with Gasteiger partial charge in [0, 0.05) is 22.8 Å². The molecule has 0 heterocycles. The maximum Gasteiger partial charge on any atom is 0.269 e. The van der Waals surface area contributed by atoms with Crippen molar-refractivity contribution in [3.05, 3.63) is 39.9 Å². The molecule has 0 aliphatic heterocycles. The highest BCUT2D eigenvalue weighted by molar-refractivity contribution is 8.13. The first-order valence-corrected chi connectivity index (χ1v) is 8.39. The predicted octanol–water partition coefficient (Wildman–Crippen LogP) is 2.59. The first-order chi connectivity index (χ1) is 8.74. The standard InChI is InChI=1S/C12H12ClNO4S/c13-19(17,18)8-11-5-12(6-11,7-11)9-1-3-10(4-2-9)14(15)16/h1-4H,5-8H2. The van der Waals surface area contributed by atoms with E-state index in [1.807, 2.05) is 0 Å². The Kier molecular flexibility index (Phi) is 2.51. The molecule has 102 valence electrons. The monoisotopic (exact) mass is 301 g/mol. The van der Waals surface area contributed by atoms with Crippen molar-refractivity contribution in [1.82, 2.24) is 0 Å². The molecular weight excluding hydrogens is 290 g/mol. The smallest absolute Gasteiger partial charge is 0.258 e. The SMILES string of the molecule is O=[N+]([O-])c1ccc(C23CC(CS(=O)(=O)Cl)(C2)C3)cc1.